The lowest BCUT2D eigenvalue weighted by molar-refractivity contribution is 0.556. The van der Waals surface area contributed by atoms with Crippen molar-refractivity contribution < 1.29 is 0 Å². The molecular formula is C37H77Si. The van der Waals surface area contributed by atoms with Gasteiger partial charge >= 0.3 is 0 Å². The van der Waals surface area contributed by atoms with Crippen molar-refractivity contribution in [2.45, 2.75) is 232 Å². The maximum Gasteiger partial charge on any atom is 0.0533 e. The average Bonchev–Trinajstić information content (AvgIpc) is 2.92. The maximum absolute atomic E-state index is 5.04. The number of hydrogen-bond donors (Lipinski definition) is 0. The first kappa shape index (κ1) is 38.2. The van der Waals surface area contributed by atoms with E-state index in [2.05, 4.69) is 20.8 Å². The molecule has 0 saturated heterocycles. The van der Waals surface area contributed by atoms with Gasteiger partial charge in [0.15, 0.2) is 0 Å². The molecule has 0 aliphatic carbocycles. The largest absolute Gasteiger partial charge is 0.0654 e. The molecule has 0 aliphatic rings. The molecule has 0 aromatic rings. The van der Waals surface area contributed by atoms with E-state index in [1.165, 1.54) is 211 Å². The molecule has 0 rings (SSSR count). The molecule has 1 heteroatoms. The summed E-state index contributed by atoms with van der Waals surface area (Å²) >= 11 is 0. The van der Waals surface area contributed by atoms with Gasteiger partial charge in [-0.25, -0.2) is 0 Å². The first-order chi connectivity index (χ1) is 18.7. The minimum Gasteiger partial charge on any atom is -0.0654 e. The zero-order valence-electron chi connectivity index (χ0n) is 27.5. The molecule has 0 saturated carbocycles. The lowest BCUT2D eigenvalue weighted by Crippen LogP contribution is -2.30. The topological polar surface area (TPSA) is 0 Å². The van der Waals surface area contributed by atoms with E-state index in [-0.39, 0.29) is 0 Å². The van der Waals surface area contributed by atoms with Crippen molar-refractivity contribution in [2.24, 2.45) is 0 Å². The molecule has 0 amide bonds. The van der Waals surface area contributed by atoms with Crippen LogP contribution in [-0.2, 0) is 0 Å². The summed E-state index contributed by atoms with van der Waals surface area (Å²) in [6, 6.07) is 4.58. The highest BCUT2D eigenvalue weighted by molar-refractivity contribution is 6.81. The Morgan fingerprint density at radius 2 is 0.421 bits per heavy atom. The zero-order chi connectivity index (χ0) is 27.8. The van der Waals surface area contributed by atoms with Crippen molar-refractivity contribution in [1.82, 2.24) is 0 Å². The van der Waals surface area contributed by atoms with Gasteiger partial charge in [-0.05, 0) is 0 Å². The molecule has 0 bridgehead atoms. The second-order valence-corrected chi connectivity index (χ2v) is 17.8. The number of hydrogen-bond acceptors (Lipinski definition) is 0. The molecule has 0 aliphatic heterocycles. The molecular weight excluding hydrogens is 472 g/mol. The van der Waals surface area contributed by atoms with Crippen molar-refractivity contribution in [3.63, 3.8) is 0 Å². The van der Waals surface area contributed by atoms with E-state index >= 15 is 0 Å². The lowest BCUT2D eigenvalue weighted by atomic mass is 10.1. The van der Waals surface area contributed by atoms with Crippen LogP contribution in [0.25, 0.3) is 0 Å². The minimum atomic E-state index is -1.27. The van der Waals surface area contributed by atoms with Gasteiger partial charge in [-0.15, -0.1) is 0 Å². The lowest BCUT2D eigenvalue weighted by Gasteiger charge is -2.28. The quantitative estimate of drug-likeness (QED) is 0.0564. The summed E-state index contributed by atoms with van der Waals surface area (Å²) in [5.74, 6) is 0. The smallest absolute Gasteiger partial charge is 0.0533 e. The summed E-state index contributed by atoms with van der Waals surface area (Å²) in [7, 11) is -1.27. The molecule has 0 N–H and O–H groups in total. The van der Waals surface area contributed by atoms with E-state index in [0.29, 0.717) is 0 Å². The molecule has 1 radical (unpaired) electrons. The summed E-state index contributed by atoms with van der Waals surface area (Å²) in [4.78, 5) is 0. The molecule has 0 nitrogen and oxygen atoms in total. The van der Waals surface area contributed by atoms with Crippen molar-refractivity contribution in [1.29, 1.82) is 0 Å². The third-order valence-electron chi connectivity index (χ3n) is 9.18. The van der Waals surface area contributed by atoms with E-state index < -0.39 is 8.07 Å². The van der Waals surface area contributed by atoms with E-state index in [1.807, 2.05) is 0 Å². The number of unbranched alkanes of at least 4 members (excludes halogenated alkanes) is 27. The Morgan fingerprint density at radius 1 is 0.263 bits per heavy atom. The van der Waals surface area contributed by atoms with Gasteiger partial charge in [-0.2, -0.15) is 0 Å². The van der Waals surface area contributed by atoms with E-state index in [4.69, 9.17) is 6.55 Å². The molecule has 0 fully saturated rings. The highest BCUT2D eigenvalue weighted by Crippen LogP contribution is 2.29. The Kier molecular flexibility index (Phi) is 31.9. The van der Waals surface area contributed by atoms with E-state index in [0.717, 1.165) is 0 Å². The van der Waals surface area contributed by atoms with Crippen molar-refractivity contribution in [3.8, 4) is 0 Å². The molecule has 0 heterocycles. The Hall–Kier alpha value is 0.217. The molecule has 0 unspecified atom stereocenters. The third kappa shape index (κ3) is 29.2. The summed E-state index contributed by atoms with van der Waals surface area (Å²) in [6.07, 6.45) is 43.9. The van der Waals surface area contributed by atoms with Crippen LogP contribution in [0.5, 0.6) is 0 Å². The normalized spacial score (nSPS) is 12.0. The maximum atomic E-state index is 5.04. The van der Waals surface area contributed by atoms with Gasteiger partial charge in [-0.3, -0.25) is 0 Å². The minimum absolute atomic E-state index is 1.27. The van der Waals surface area contributed by atoms with Gasteiger partial charge in [0.2, 0.25) is 0 Å². The molecule has 38 heavy (non-hydrogen) atoms. The van der Waals surface area contributed by atoms with Gasteiger partial charge in [0, 0.05) is 0 Å². The molecule has 0 aromatic carbocycles. The van der Waals surface area contributed by atoms with Gasteiger partial charge < -0.3 is 0 Å². The van der Waals surface area contributed by atoms with Crippen molar-refractivity contribution in [3.05, 3.63) is 6.55 Å². The van der Waals surface area contributed by atoms with Crippen molar-refractivity contribution >= 4 is 8.07 Å². The van der Waals surface area contributed by atoms with E-state index in [9.17, 15) is 0 Å². The second kappa shape index (κ2) is 31.7. The monoisotopic (exact) mass is 550 g/mol. The number of rotatable bonds is 33. The second-order valence-electron chi connectivity index (χ2n) is 13.3. The SMILES string of the molecule is [CH2][Si](CCCCCCCCCCCC)(CCCCCCCCCCCC)CCCCCCCCCCCC. The molecule has 229 valence electrons. The Balaban J connectivity index is 4.06. The first-order valence-corrected chi connectivity index (χ1v) is 21.4. The van der Waals surface area contributed by atoms with Crippen LogP contribution in [-0.4, -0.2) is 8.07 Å². The molecule has 0 aromatic heterocycles. The van der Waals surface area contributed by atoms with Gasteiger partial charge in [-0.1, -0.05) is 238 Å². The van der Waals surface area contributed by atoms with Gasteiger partial charge in [0.1, 0.15) is 0 Å². The van der Waals surface area contributed by atoms with Crippen LogP contribution in [0.3, 0.4) is 0 Å². The zero-order valence-corrected chi connectivity index (χ0v) is 28.5. The van der Waals surface area contributed by atoms with Crippen LogP contribution >= 0.6 is 0 Å². The van der Waals surface area contributed by atoms with Crippen LogP contribution in [0.4, 0.5) is 0 Å². The predicted molar refractivity (Wildman–Crippen MR) is 181 cm³/mol. The molecule has 0 atom stereocenters. The van der Waals surface area contributed by atoms with Crippen LogP contribution in [0.15, 0.2) is 0 Å². The summed E-state index contributed by atoms with van der Waals surface area (Å²) in [6.45, 7) is 12.0. The fourth-order valence-corrected chi connectivity index (χ4v) is 10.1. The first-order valence-electron chi connectivity index (χ1n) is 18.5. The fourth-order valence-electron chi connectivity index (χ4n) is 6.34. The van der Waals surface area contributed by atoms with Crippen LogP contribution in [0.2, 0.25) is 18.1 Å². The van der Waals surface area contributed by atoms with Crippen LogP contribution in [0, 0.1) is 6.55 Å². The third-order valence-corrected chi connectivity index (χ3v) is 13.4. The Labute approximate surface area is 245 Å². The Bertz CT molecular complexity index is 357. The highest BCUT2D eigenvalue weighted by Gasteiger charge is 2.25. The molecule has 0 spiro atoms. The highest BCUT2D eigenvalue weighted by atomic mass is 28.3. The average molecular weight is 550 g/mol. The van der Waals surface area contributed by atoms with E-state index in [1.54, 1.807) is 0 Å². The van der Waals surface area contributed by atoms with Crippen molar-refractivity contribution in [2.75, 3.05) is 0 Å². The predicted octanol–water partition coefficient (Wildman–Crippen LogP) is 14.6. The summed E-state index contributed by atoms with van der Waals surface area (Å²) in [5, 5.41) is 0. The van der Waals surface area contributed by atoms with Crippen LogP contribution in [0.1, 0.15) is 213 Å². The summed E-state index contributed by atoms with van der Waals surface area (Å²) < 4.78 is 0. The van der Waals surface area contributed by atoms with Crippen LogP contribution < -0.4 is 0 Å². The summed E-state index contributed by atoms with van der Waals surface area (Å²) in [5.41, 5.74) is 0. The Morgan fingerprint density at radius 3 is 0.605 bits per heavy atom. The fraction of sp³-hybridized carbons (Fsp3) is 0.973. The standard InChI is InChI=1S/C37H77Si/c1-5-8-11-14-17-20-23-26-29-32-35-38(4,36-33-30-27-24-21-18-15-12-9-6-2)37-34-31-28-25-22-19-16-13-10-7-3/h4-37H2,1-3H3. The van der Waals surface area contributed by atoms with Gasteiger partial charge in [0.05, 0.1) is 8.07 Å². The van der Waals surface area contributed by atoms with Gasteiger partial charge in [0.25, 0.3) is 0 Å².